The molecule has 2 N–H and O–H groups in total. The first-order valence-electron chi connectivity index (χ1n) is 12.7. The molecule has 5 rings (SSSR count). The number of hydrogen-bond donors (Lipinski definition) is 2. The van der Waals surface area contributed by atoms with Crippen LogP contribution < -0.4 is 0 Å². The van der Waals surface area contributed by atoms with Crippen LogP contribution in [-0.4, -0.2) is 10.2 Å². The van der Waals surface area contributed by atoms with Gasteiger partial charge in [0.25, 0.3) is 0 Å². The number of aromatic hydroxyl groups is 2. The number of rotatable bonds is 0. The van der Waals surface area contributed by atoms with E-state index in [-0.39, 0.29) is 28.2 Å². The summed E-state index contributed by atoms with van der Waals surface area (Å²) >= 11 is 0. The Morgan fingerprint density at radius 1 is 0.935 bits per heavy atom. The van der Waals surface area contributed by atoms with E-state index in [2.05, 4.69) is 47.6 Å². The first kappa shape index (κ1) is 21.4. The van der Waals surface area contributed by atoms with E-state index < -0.39 is 0 Å². The van der Waals surface area contributed by atoms with Gasteiger partial charge in [-0.15, -0.1) is 0 Å². The highest BCUT2D eigenvalue weighted by Crippen LogP contribution is 2.74. The van der Waals surface area contributed by atoms with Gasteiger partial charge in [-0.05, 0) is 102 Å². The van der Waals surface area contributed by atoms with E-state index in [1.54, 1.807) is 5.57 Å². The Morgan fingerprint density at radius 2 is 1.65 bits per heavy atom. The minimum atomic E-state index is -0.0555. The highest BCUT2D eigenvalue weighted by molar-refractivity contribution is 5.62. The maximum Gasteiger partial charge on any atom is 0.160 e. The van der Waals surface area contributed by atoms with Crippen LogP contribution in [0.25, 0.3) is 0 Å². The molecule has 1 aromatic rings. The van der Waals surface area contributed by atoms with Crippen molar-refractivity contribution in [3.63, 3.8) is 0 Å². The molecule has 31 heavy (non-hydrogen) atoms. The summed E-state index contributed by atoms with van der Waals surface area (Å²) in [5.41, 5.74) is 5.93. The average molecular weight is 423 g/mol. The summed E-state index contributed by atoms with van der Waals surface area (Å²) < 4.78 is 0. The molecule has 0 spiro atoms. The maximum absolute atomic E-state index is 10.5. The third-order valence-electron chi connectivity index (χ3n) is 11.3. The molecule has 0 bridgehead atoms. The second-order valence-electron chi connectivity index (χ2n) is 12.9. The molecule has 1 aromatic carbocycles. The van der Waals surface area contributed by atoms with Crippen molar-refractivity contribution >= 4 is 0 Å². The van der Waals surface area contributed by atoms with Gasteiger partial charge in [0.1, 0.15) is 0 Å². The average Bonchev–Trinajstić information content (AvgIpc) is 2.71. The topological polar surface area (TPSA) is 40.5 Å². The van der Waals surface area contributed by atoms with E-state index in [0.717, 1.165) is 23.8 Å². The molecule has 4 aliphatic rings. The Labute approximate surface area is 189 Å². The molecule has 2 nitrogen and oxygen atoms in total. The molecule has 3 saturated carbocycles. The highest BCUT2D eigenvalue weighted by Gasteiger charge is 2.65. The van der Waals surface area contributed by atoms with Crippen molar-refractivity contribution < 1.29 is 10.2 Å². The molecule has 7 atom stereocenters. The molecule has 0 aliphatic heterocycles. The van der Waals surface area contributed by atoms with E-state index in [9.17, 15) is 10.2 Å². The molecule has 0 saturated heterocycles. The molecule has 170 valence electrons. The number of allylic oxidation sites excluding steroid dienone is 2. The molecule has 2 heteroatoms. The summed E-state index contributed by atoms with van der Waals surface area (Å²) in [7, 11) is 0. The quantitative estimate of drug-likeness (QED) is 0.331. The van der Waals surface area contributed by atoms with Gasteiger partial charge in [-0.3, -0.25) is 0 Å². The second kappa shape index (κ2) is 6.33. The van der Waals surface area contributed by atoms with Crippen molar-refractivity contribution in [2.24, 2.45) is 28.1 Å². The Hall–Kier alpha value is -1.44. The standard InChI is InChI=1S/C29H42O2/c1-17-8-9-26(4)10-12-29(7)23-15-18(2)24-19(3)25(31)21(30)16-20(24)27(23,5)11-13-28(29,6)22(26)14-17/h15-18,22,30-31H,8-14H2,1-7H3/t17-,18?,22+,26+,27-,28-,29+/m0/s1. The van der Waals surface area contributed by atoms with Crippen molar-refractivity contribution in [3.8, 4) is 11.5 Å². The molecule has 0 amide bonds. The molecule has 0 radical (unpaired) electrons. The van der Waals surface area contributed by atoms with Crippen LogP contribution in [-0.2, 0) is 5.41 Å². The zero-order valence-electron chi connectivity index (χ0n) is 20.7. The lowest BCUT2D eigenvalue weighted by atomic mass is 9.35. The molecule has 1 unspecified atom stereocenters. The number of phenolic OH excluding ortho intramolecular Hbond substituents is 2. The molecular formula is C29H42O2. The van der Waals surface area contributed by atoms with E-state index in [1.807, 2.05) is 13.0 Å². The van der Waals surface area contributed by atoms with Crippen LogP contribution in [0.5, 0.6) is 11.5 Å². The summed E-state index contributed by atoms with van der Waals surface area (Å²) in [6, 6.07) is 1.89. The van der Waals surface area contributed by atoms with Crippen LogP contribution >= 0.6 is 0 Å². The van der Waals surface area contributed by atoms with Crippen LogP contribution in [0.15, 0.2) is 17.7 Å². The lowest BCUT2D eigenvalue weighted by Gasteiger charge is -2.69. The molecular weight excluding hydrogens is 380 g/mol. The van der Waals surface area contributed by atoms with Gasteiger partial charge in [-0.25, -0.2) is 0 Å². The normalized spacial score (nSPS) is 46.3. The van der Waals surface area contributed by atoms with Gasteiger partial charge >= 0.3 is 0 Å². The van der Waals surface area contributed by atoms with E-state index >= 15 is 0 Å². The predicted octanol–water partition coefficient (Wildman–Crippen LogP) is 7.75. The van der Waals surface area contributed by atoms with Gasteiger partial charge < -0.3 is 10.2 Å². The molecule has 0 aromatic heterocycles. The lowest BCUT2D eigenvalue weighted by molar-refractivity contribution is -0.145. The van der Waals surface area contributed by atoms with Crippen molar-refractivity contribution in [1.29, 1.82) is 0 Å². The summed E-state index contributed by atoms with van der Waals surface area (Å²) in [4.78, 5) is 0. The van der Waals surface area contributed by atoms with E-state index in [1.165, 1.54) is 49.7 Å². The predicted molar refractivity (Wildman–Crippen MR) is 128 cm³/mol. The third-order valence-corrected chi connectivity index (χ3v) is 11.3. The maximum atomic E-state index is 10.5. The van der Waals surface area contributed by atoms with Gasteiger partial charge in [-0.1, -0.05) is 59.6 Å². The van der Waals surface area contributed by atoms with Crippen LogP contribution in [0.1, 0.15) is 109 Å². The number of benzene rings is 1. The molecule has 3 fully saturated rings. The minimum Gasteiger partial charge on any atom is -0.504 e. The van der Waals surface area contributed by atoms with Crippen LogP contribution in [0.2, 0.25) is 0 Å². The first-order valence-corrected chi connectivity index (χ1v) is 12.7. The minimum absolute atomic E-state index is 0.0433. The van der Waals surface area contributed by atoms with Gasteiger partial charge in [0.05, 0.1) is 0 Å². The largest absolute Gasteiger partial charge is 0.504 e. The van der Waals surface area contributed by atoms with Crippen LogP contribution in [0.4, 0.5) is 0 Å². The van der Waals surface area contributed by atoms with Crippen molar-refractivity contribution in [3.05, 3.63) is 34.4 Å². The van der Waals surface area contributed by atoms with Crippen LogP contribution in [0.3, 0.4) is 0 Å². The van der Waals surface area contributed by atoms with Gasteiger partial charge in [0.15, 0.2) is 11.5 Å². The summed E-state index contributed by atoms with van der Waals surface area (Å²) in [6.07, 6.45) is 11.7. The van der Waals surface area contributed by atoms with Crippen molar-refractivity contribution in [2.45, 2.75) is 105 Å². The number of hydrogen-bond acceptors (Lipinski definition) is 2. The van der Waals surface area contributed by atoms with Crippen molar-refractivity contribution in [2.75, 3.05) is 0 Å². The van der Waals surface area contributed by atoms with Crippen molar-refractivity contribution in [1.82, 2.24) is 0 Å². The zero-order chi connectivity index (χ0) is 22.6. The highest BCUT2D eigenvalue weighted by atomic mass is 16.3. The first-order chi connectivity index (χ1) is 14.4. The smallest absolute Gasteiger partial charge is 0.160 e. The fourth-order valence-electron chi connectivity index (χ4n) is 9.06. The Morgan fingerprint density at radius 3 is 2.35 bits per heavy atom. The number of phenols is 2. The molecule has 0 heterocycles. The lowest BCUT2D eigenvalue weighted by Crippen LogP contribution is -2.61. The van der Waals surface area contributed by atoms with Gasteiger partial charge in [0.2, 0.25) is 0 Å². The van der Waals surface area contributed by atoms with E-state index in [4.69, 9.17) is 0 Å². The Balaban J connectivity index is 1.68. The zero-order valence-corrected chi connectivity index (χ0v) is 20.7. The van der Waals surface area contributed by atoms with Crippen LogP contribution in [0, 0.1) is 35.0 Å². The number of fused-ring (bicyclic) bond motifs is 7. The van der Waals surface area contributed by atoms with Gasteiger partial charge in [-0.2, -0.15) is 0 Å². The summed E-state index contributed by atoms with van der Waals surface area (Å²) in [5, 5.41) is 21.0. The third kappa shape index (κ3) is 2.51. The Kier molecular flexibility index (Phi) is 4.37. The second-order valence-corrected chi connectivity index (χ2v) is 12.9. The summed E-state index contributed by atoms with van der Waals surface area (Å²) in [6.45, 7) is 16.9. The molecule has 4 aliphatic carbocycles. The fraction of sp³-hybridized carbons (Fsp3) is 0.724. The Bertz CT molecular complexity index is 975. The van der Waals surface area contributed by atoms with Gasteiger partial charge in [0, 0.05) is 5.41 Å². The monoisotopic (exact) mass is 422 g/mol. The fourth-order valence-corrected chi connectivity index (χ4v) is 9.06. The SMILES string of the molecule is Cc1c(O)c(O)cc2c1C(C)C=C1[C@@]2(C)CC[C@@]2(C)[C@@H]3C[C@@H](C)CC[C@]3(C)CC[C@]12C. The van der Waals surface area contributed by atoms with E-state index in [0.29, 0.717) is 10.8 Å². The summed E-state index contributed by atoms with van der Waals surface area (Å²) in [5.74, 6) is 2.00.